The van der Waals surface area contributed by atoms with Crippen molar-refractivity contribution in [2.75, 3.05) is 13.1 Å². The molecule has 0 amide bonds. The summed E-state index contributed by atoms with van der Waals surface area (Å²) in [6.07, 6.45) is 1.40. The fraction of sp³-hybridized carbons (Fsp3) is 0.533. The van der Waals surface area contributed by atoms with E-state index in [0.717, 1.165) is 32.5 Å². The fourth-order valence-electron chi connectivity index (χ4n) is 3.40. The Morgan fingerprint density at radius 2 is 2.05 bits per heavy atom. The number of nitrogens with two attached hydrogens (primary N) is 1. The Morgan fingerprint density at radius 1 is 1.35 bits per heavy atom. The molecule has 1 spiro atoms. The zero-order valence-electron chi connectivity index (χ0n) is 11.4. The number of benzene rings is 1. The second-order valence-electron chi connectivity index (χ2n) is 6.16. The largest absolute Gasteiger partial charge is 0.409 e. The summed E-state index contributed by atoms with van der Waals surface area (Å²) in [6.45, 7) is 2.50. The molecule has 1 aliphatic heterocycles. The number of aliphatic hydroxyl groups is 1. The zero-order chi connectivity index (χ0) is 14.2. The molecule has 3 atom stereocenters. The molecule has 0 radical (unpaired) electrons. The standard InChI is InChI=1S/C15H21N3O2/c16-14(17-20)12-6-15(7-13(15)19)10-18(9-12)8-11-4-2-1-3-5-11/h1-5,12-13,19-20H,6-10H2,(H2,16,17)/t12-,13+,15?/m0/s1. The molecule has 0 aromatic heterocycles. The Labute approximate surface area is 118 Å². The van der Waals surface area contributed by atoms with Crippen LogP contribution in [0, 0.1) is 11.3 Å². The van der Waals surface area contributed by atoms with Crippen LogP contribution in [0.1, 0.15) is 18.4 Å². The molecule has 1 heterocycles. The van der Waals surface area contributed by atoms with Gasteiger partial charge in [0, 0.05) is 31.0 Å². The zero-order valence-corrected chi connectivity index (χ0v) is 11.4. The van der Waals surface area contributed by atoms with Crippen molar-refractivity contribution in [1.82, 2.24) is 4.90 Å². The molecule has 1 saturated heterocycles. The highest BCUT2D eigenvalue weighted by molar-refractivity contribution is 5.82. The van der Waals surface area contributed by atoms with Gasteiger partial charge in [-0.05, 0) is 18.4 Å². The number of piperidine rings is 1. The molecule has 1 aromatic carbocycles. The van der Waals surface area contributed by atoms with Crippen molar-refractivity contribution in [3.8, 4) is 0 Å². The van der Waals surface area contributed by atoms with Gasteiger partial charge in [0.15, 0.2) is 0 Å². The molecule has 1 saturated carbocycles. The van der Waals surface area contributed by atoms with Crippen LogP contribution in [0.2, 0.25) is 0 Å². The van der Waals surface area contributed by atoms with E-state index in [-0.39, 0.29) is 23.3 Å². The summed E-state index contributed by atoms with van der Waals surface area (Å²) in [7, 11) is 0. The smallest absolute Gasteiger partial charge is 0.143 e. The second-order valence-corrected chi connectivity index (χ2v) is 6.16. The molecule has 108 valence electrons. The average Bonchev–Trinajstić information content (AvgIpc) is 3.06. The first-order valence-electron chi connectivity index (χ1n) is 7.05. The van der Waals surface area contributed by atoms with Crippen molar-refractivity contribution in [1.29, 1.82) is 0 Å². The van der Waals surface area contributed by atoms with E-state index in [4.69, 9.17) is 10.9 Å². The van der Waals surface area contributed by atoms with Gasteiger partial charge in [-0.1, -0.05) is 35.5 Å². The van der Waals surface area contributed by atoms with Gasteiger partial charge in [-0.3, -0.25) is 4.90 Å². The summed E-state index contributed by atoms with van der Waals surface area (Å²) in [5.74, 6) is 0.302. The summed E-state index contributed by atoms with van der Waals surface area (Å²) in [6, 6.07) is 10.3. The molecule has 5 nitrogen and oxygen atoms in total. The topological polar surface area (TPSA) is 82.1 Å². The van der Waals surface area contributed by atoms with Crippen molar-refractivity contribution in [3.63, 3.8) is 0 Å². The van der Waals surface area contributed by atoms with Crippen LogP contribution in [0.4, 0.5) is 0 Å². The predicted octanol–water partition coefficient (Wildman–Crippen LogP) is 1.01. The molecule has 1 aliphatic carbocycles. The molecule has 1 aromatic rings. The normalized spacial score (nSPS) is 34.4. The van der Waals surface area contributed by atoms with Crippen LogP contribution in [-0.4, -0.2) is 40.2 Å². The van der Waals surface area contributed by atoms with Crippen molar-refractivity contribution in [3.05, 3.63) is 35.9 Å². The number of likely N-dealkylation sites (tertiary alicyclic amines) is 1. The van der Waals surface area contributed by atoms with Gasteiger partial charge in [0.2, 0.25) is 0 Å². The average molecular weight is 275 g/mol. The third-order valence-electron chi connectivity index (χ3n) is 4.60. The molecule has 3 rings (SSSR count). The quantitative estimate of drug-likeness (QED) is 0.333. The SMILES string of the molecule is N/C(=N\O)[C@@H]1CN(Cc2ccccc2)CC2(C1)C[C@H]2O. The minimum atomic E-state index is -0.241. The predicted molar refractivity (Wildman–Crippen MR) is 76.3 cm³/mol. The van der Waals surface area contributed by atoms with Gasteiger partial charge in [-0.25, -0.2) is 0 Å². The summed E-state index contributed by atoms with van der Waals surface area (Å²) in [4.78, 5) is 2.30. The number of amidine groups is 1. The highest BCUT2D eigenvalue weighted by Crippen LogP contribution is 2.53. The Morgan fingerprint density at radius 3 is 2.65 bits per heavy atom. The van der Waals surface area contributed by atoms with Crippen molar-refractivity contribution in [2.45, 2.75) is 25.5 Å². The molecule has 5 heteroatoms. The van der Waals surface area contributed by atoms with Crippen LogP contribution in [0.3, 0.4) is 0 Å². The van der Waals surface area contributed by atoms with E-state index in [2.05, 4.69) is 22.2 Å². The lowest BCUT2D eigenvalue weighted by Gasteiger charge is -2.37. The summed E-state index contributed by atoms with van der Waals surface area (Å²) in [5.41, 5.74) is 6.99. The lowest BCUT2D eigenvalue weighted by molar-refractivity contribution is 0.0916. The van der Waals surface area contributed by atoms with Crippen LogP contribution in [0.25, 0.3) is 0 Å². The van der Waals surface area contributed by atoms with E-state index in [1.807, 2.05) is 18.2 Å². The third-order valence-corrected chi connectivity index (χ3v) is 4.60. The van der Waals surface area contributed by atoms with E-state index in [0.29, 0.717) is 0 Å². The number of aliphatic hydroxyl groups excluding tert-OH is 1. The van der Waals surface area contributed by atoms with Crippen LogP contribution in [-0.2, 0) is 6.54 Å². The van der Waals surface area contributed by atoms with E-state index in [1.165, 1.54) is 5.56 Å². The van der Waals surface area contributed by atoms with E-state index >= 15 is 0 Å². The van der Waals surface area contributed by atoms with Gasteiger partial charge in [0.05, 0.1) is 6.10 Å². The first-order chi connectivity index (χ1) is 9.63. The molecule has 0 bridgehead atoms. The van der Waals surface area contributed by atoms with Crippen LogP contribution in [0.15, 0.2) is 35.5 Å². The van der Waals surface area contributed by atoms with E-state index in [1.54, 1.807) is 0 Å². The molecule has 2 aliphatic rings. The van der Waals surface area contributed by atoms with Crippen molar-refractivity contribution >= 4 is 5.84 Å². The highest BCUT2D eigenvalue weighted by atomic mass is 16.4. The number of rotatable bonds is 3. The van der Waals surface area contributed by atoms with Crippen LogP contribution in [0.5, 0.6) is 0 Å². The van der Waals surface area contributed by atoms with Gasteiger partial charge in [0.25, 0.3) is 0 Å². The molecule has 20 heavy (non-hydrogen) atoms. The minimum Gasteiger partial charge on any atom is -0.409 e. The molecular weight excluding hydrogens is 254 g/mol. The Hall–Kier alpha value is -1.59. The summed E-state index contributed by atoms with van der Waals surface area (Å²) in [5, 5.41) is 22.0. The fourth-order valence-corrected chi connectivity index (χ4v) is 3.40. The van der Waals surface area contributed by atoms with Gasteiger partial charge in [-0.2, -0.15) is 0 Å². The summed E-state index contributed by atoms with van der Waals surface area (Å²) >= 11 is 0. The number of hydrogen-bond acceptors (Lipinski definition) is 4. The van der Waals surface area contributed by atoms with Crippen LogP contribution >= 0.6 is 0 Å². The molecular formula is C15H21N3O2. The number of nitrogens with zero attached hydrogens (tertiary/aromatic N) is 2. The number of hydrogen-bond donors (Lipinski definition) is 3. The molecule has 2 fully saturated rings. The Kier molecular flexibility index (Phi) is 3.40. The van der Waals surface area contributed by atoms with Crippen molar-refractivity contribution < 1.29 is 10.3 Å². The lowest BCUT2D eigenvalue weighted by atomic mass is 9.85. The van der Waals surface area contributed by atoms with Crippen molar-refractivity contribution in [2.24, 2.45) is 22.2 Å². The Bertz CT molecular complexity index is 505. The van der Waals surface area contributed by atoms with Gasteiger partial charge >= 0.3 is 0 Å². The maximum Gasteiger partial charge on any atom is 0.143 e. The maximum atomic E-state index is 9.93. The van der Waals surface area contributed by atoms with E-state index in [9.17, 15) is 5.11 Å². The van der Waals surface area contributed by atoms with Gasteiger partial charge in [0.1, 0.15) is 5.84 Å². The van der Waals surface area contributed by atoms with E-state index < -0.39 is 0 Å². The van der Waals surface area contributed by atoms with Gasteiger partial charge < -0.3 is 16.0 Å². The molecule has 4 N–H and O–H groups in total. The Balaban J connectivity index is 1.74. The molecule has 1 unspecified atom stereocenters. The highest BCUT2D eigenvalue weighted by Gasteiger charge is 2.57. The number of oxime groups is 1. The third kappa shape index (κ3) is 2.51. The second kappa shape index (κ2) is 5.07. The minimum absolute atomic E-state index is 0.0228. The summed E-state index contributed by atoms with van der Waals surface area (Å²) < 4.78 is 0. The first-order valence-corrected chi connectivity index (χ1v) is 7.05. The first kappa shape index (κ1) is 13.4. The lowest BCUT2D eigenvalue weighted by Crippen LogP contribution is -2.46. The van der Waals surface area contributed by atoms with Gasteiger partial charge in [-0.15, -0.1) is 0 Å². The van der Waals surface area contributed by atoms with Crippen LogP contribution < -0.4 is 5.73 Å². The maximum absolute atomic E-state index is 9.93. The monoisotopic (exact) mass is 275 g/mol.